The Morgan fingerprint density at radius 3 is 2.51 bits per heavy atom. The minimum atomic E-state index is -4.68. The molecule has 14 nitrogen and oxygen atoms in total. The molecule has 1 amide bonds. The van der Waals surface area contributed by atoms with E-state index in [1.54, 1.807) is 24.4 Å². The third-order valence-corrected chi connectivity index (χ3v) is 13.7. The van der Waals surface area contributed by atoms with E-state index < -0.39 is 43.7 Å². The highest BCUT2D eigenvalue weighted by atomic mass is 32.2. The number of H-pyrrole nitrogens is 1. The molecule has 3 saturated heterocycles. The Balaban J connectivity index is 0.949. The van der Waals surface area contributed by atoms with E-state index in [0.717, 1.165) is 60.6 Å². The summed E-state index contributed by atoms with van der Waals surface area (Å²) in [6.45, 7) is 4.92. The van der Waals surface area contributed by atoms with Crippen molar-refractivity contribution in [1.82, 2.24) is 19.6 Å². The van der Waals surface area contributed by atoms with Gasteiger partial charge in [0.15, 0.2) is 5.75 Å². The van der Waals surface area contributed by atoms with Crippen molar-refractivity contribution in [3.63, 3.8) is 0 Å². The molecule has 5 heterocycles. The van der Waals surface area contributed by atoms with Crippen LogP contribution in [0.3, 0.4) is 0 Å². The summed E-state index contributed by atoms with van der Waals surface area (Å²) < 4.78 is 62.3. The van der Waals surface area contributed by atoms with Gasteiger partial charge in [-0.2, -0.15) is 0 Å². The van der Waals surface area contributed by atoms with Crippen molar-refractivity contribution in [3.8, 4) is 28.4 Å². The Labute approximate surface area is 364 Å². The van der Waals surface area contributed by atoms with Crippen molar-refractivity contribution in [3.05, 3.63) is 136 Å². The molecule has 16 heteroatoms. The number of carbonyl (C=O) groups excluding carboxylic acids is 1. The SMILES string of the molecule is CCc1ccccc1[C@H]1CCCN1c1ccc(-c2ccc(C(=O)NS(=O)(=O)c3ccc(OCC4(F)CCN(C5COC5)CC4)c([N+](=O)[O-])c3)c(Oc3cnc4[nH]ccc4c3)c2)cc1. The third-order valence-electron chi connectivity index (χ3n) is 12.4. The number of rotatable bonds is 14. The summed E-state index contributed by atoms with van der Waals surface area (Å²) in [6.07, 6.45) is 6.70. The fourth-order valence-corrected chi connectivity index (χ4v) is 9.73. The van der Waals surface area contributed by atoms with Crippen molar-refractivity contribution in [2.24, 2.45) is 0 Å². The minimum Gasteiger partial charge on any atom is -0.483 e. The summed E-state index contributed by atoms with van der Waals surface area (Å²) in [4.78, 5) is 36.7. The molecule has 3 aliphatic rings. The highest BCUT2D eigenvalue weighted by Crippen LogP contribution is 2.40. The van der Waals surface area contributed by atoms with Gasteiger partial charge in [-0.15, -0.1) is 0 Å². The van der Waals surface area contributed by atoms with E-state index in [2.05, 4.69) is 67.8 Å². The van der Waals surface area contributed by atoms with Crippen molar-refractivity contribution < 1.29 is 36.7 Å². The van der Waals surface area contributed by atoms with Gasteiger partial charge in [-0.05, 0) is 103 Å². The summed E-state index contributed by atoms with van der Waals surface area (Å²) >= 11 is 0. The Bertz CT molecular complexity index is 2770. The first-order valence-electron chi connectivity index (χ1n) is 21.2. The van der Waals surface area contributed by atoms with E-state index in [1.807, 2.05) is 18.2 Å². The normalized spacial score (nSPS) is 17.9. The van der Waals surface area contributed by atoms with Crippen LogP contribution in [0.2, 0.25) is 0 Å². The number of nitro groups is 1. The number of alkyl halides is 1. The number of sulfonamides is 1. The van der Waals surface area contributed by atoms with Crippen LogP contribution < -0.4 is 19.1 Å². The molecule has 326 valence electrons. The van der Waals surface area contributed by atoms with E-state index >= 15 is 4.39 Å². The van der Waals surface area contributed by atoms with Gasteiger partial charge in [0.1, 0.15) is 29.4 Å². The van der Waals surface area contributed by atoms with Gasteiger partial charge in [-0.1, -0.05) is 49.4 Å². The first-order valence-corrected chi connectivity index (χ1v) is 22.6. The predicted octanol–water partition coefficient (Wildman–Crippen LogP) is 8.53. The monoisotopic (exact) mass is 874 g/mol. The molecule has 3 fully saturated rings. The molecule has 2 N–H and O–H groups in total. The number of aromatic nitrogens is 2. The van der Waals surface area contributed by atoms with Gasteiger partial charge in [-0.25, -0.2) is 22.5 Å². The van der Waals surface area contributed by atoms with Gasteiger partial charge in [0.25, 0.3) is 15.9 Å². The number of hydrogen-bond donors (Lipinski definition) is 2. The molecule has 9 rings (SSSR count). The molecule has 0 spiro atoms. The van der Waals surface area contributed by atoms with Crippen LogP contribution in [0.25, 0.3) is 22.2 Å². The molecule has 4 aromatic carbocycles. The van der Waals surface area contributed by atoms with Gasteiger partial charge in [0.2, 0.25) is 0 Å². The molecule has 0 saturated carbocycles. The van der Waals surface area contributed by atoms with Crippen LogP contribution in [0.4, 0.5) is 15.8 Å². The average Bonchev–Trinajstić information content (AvgIpc) is 3.96. The number of nitrogens with zero attached hydrogens (tertiary/aromatic N) is 4. The summed E-state index contributed by atoms with van der Waals surface area (Å²) in [7, 11) is -4.68. The Kier molecular flexibility index (Phi) is 11.6. The molecule has 63 heavy (non-hydrogen) atoms. The lowest BCUT2D eigenvalue weighted by Crippen LogP contribution is -2.55. The number of aromatic amines is 1. The number of anilines is 1. The topological polar surface area (TPSA) is 169 Å². The minimum absolute atomic E-state index is 0.0541. The third kappa shape index (κ3) is 8.83. The zero-order chi connectivity index (χ0) is 43.7. The van der Waals surface area contributed by atoms with Gasteiger partial charge in [0.05, 0.1) is 46.9 Å². The highest BCUT2D eigenvalue weighted by Gasteiger charge is 2.39. The van der Waals surface area contributed by atoms with E-state index in [-0.39, 0.29) is 42.0 Å². The molecular formula is C47H47FN6O8S. The number of nitrogens with one attached hydrogen (secondary N) is 2. The first kappa shape index (κ1) is 42.0. The summed E-state index contributed by atoms with van der Waals surface area (Å²) in [5, 5.41) is 12.9. The molecule has 3 aliphatic heterocycles. The van der Waals surface area contributed by atoms with Crippen LogP contribution in [-0.4, -0.2) is 85.3 Å². The van der Waals surface area contributed by atoms with Crippen LogP contribution in [0.15, 0.2) is 114 Å². The molecule has 0 bridgehead atoms. The number of ether oxygens (including phenoxy) is 3. The number of hydrogen-bond acceptors (Lipinski definition) is 11. The summed E-state index contributed by atoms with van der Waals surface area (Å²) in [6, 6.07) is 28.7. The predicted molar refractivity (Wildman–Crippen MR) is 236 cm³/mol. The smallest absolute Gasteiger partial charge is 0.312 e. The van der Waals surface area contributed by atoms with Gasteiger partial charge in [-0.3, -0.25) is 19.8 Å². The van der Waals surface area contributed by atoms with Crippen molar-refractivity contribution in [1.29, 1.82) is 0 Å². The Hall–Kier alpha value is -6.36. The molecular weight excluding hydrogens is 828 g/mol. The van der Waals surface area contributed by atoms with Crippen LogP contribution in [0.5, 0.6) is 17.2 Å². The maximum atomic E-state index is 15.7. The van der Waals surface area contributed by atoms with E-state index in [9.17, 15) is 23.3 Å². The lowest BCUT2D eigenvalue weighted by molar-refractivity contribution is -0.386. The van der Waals surface area contributed by atoms with Crippen LogP contribution >= 0.6 is 0 Å². The summed E-state index contributed by atoms with van der Waals surface area (Å²) in [5.41, 5.74) is 3.47. The molecule has 1 atom stereocenters. The van der Waals surface area contributed by atoms with Crippen LogP contribution in [-0.2, 0) is 21.2 Å². The van der Waals surface area contributed by atoms with E-state index in [4.69, 9.17) is 14.2 Å². The van der Waals surface area contributed by atoms with E-state index in [1.165, 1.54) is 23.4 Å². The second-order valence-electron chi connectivity index (χ2n) is 16.3. The fourth-order valence-electron chi connectivity index (χ4n) is 8.74. The average molecular weight is 875 g/mol. The number of benzene rings is 4. The number of amides is 1. The highest BCUT2D eigenvalue weighted by molar-refractivity contribution is 7.90. The molecule has 6 aromatic rings. The Morgan fingerprint density at radius 2 is 1.76 bits per heavy atom. The number of carbonyl (C=O) groups is 1. The van der Waals surface area contributed by atoms with Crippen molar-refractivity contribution >= 4 is 38.3 Å². The maximum absolute atomic E-state index is 15.7. The fraction of sp³-hybridized carbons (Fsp3) is 0.319. The zero-order valence-corrected chi connectivity index (χ0v) is 35.5. The standard InChI is InChI=1S/C47H47FN6O8S/c1-2-31-6-3-4-7-39(31)41-8-5-21-53(41)35-12-9-32(10-13-35)33-11-15-40(44(25-33)62-37-24-34-17-20-49-45(34)50-27-37)46(55)51-63(58,59)38-14-16-43(42(26-38)54(56)57)61-30-47(48)18-22-52(23-19-47)36-28-60-29-36/h3-4,6-7,9-17,20,24-27,36,41H,2,5,8,18-19,21-23,28-30H2,1H3,(H,49,50)(H,51,55)/t41-/m1/s1. The maximum Gasteiger partial charge on any atom is 0.312 e. The Morgan fingerprint density at radius 1 is 0.984 bits per heavy atom. The quantitative estimate of drug-likeness (QED) is 0.0795. The van der Waals surface area contributed by atoms with E-state index in [0.29, 0.717) is 43.3 Å². The van der Waals surface area contributed by atoms with Gasteiger partial charge < -0.3 is 24.1 Å². The molecule has 0 unspecified atom stereocenters. The number of aryl methyl sites for hydroxylation is 1. The van der Waals surface area contributed by atoms with Crippen molar-refractivity contribution in [2.75, 3.05) is 44.4 Å². The molecule has 0 radical (unpaired) electrons. The number of fused-ring (bicyclic) bond motifs is 1. The lowest BCUT2D eigenvalue weighted by atomic mass is 9.93. The molecule has 0 aliphatic carbocycles. The number of halogens is 1. The number of pyridine rings is 1. The van der Waals surface area contributed by atoms with Crippen molar-refractivity contribution in [2.45, 2.75) is 61.7 Å². The number of nitro benzene ring substituents is 1. The van der Waals surface area contributed by atoms with Crippen LogP contribution in [0.1, 0.15) is 60.1 Å². The number of piperidine rings is 1. The number of likely N-dealkylation sites (tertiary alicyclic amines) is 1. The summed E-state index contributed by atoms with van der Waals surface area (Å²) in [5.74, 6) is -0.958. The van der Waals surface area contributed by atoms with Gasteiger partial charge in [0, 0.05) is 43.0 Å². The lowest BCUT2D eigenvalue weighted by Gasteiger charge is -2.43. The largest absolute Gasteiger partial charge is 0.483 e. The second kappa shape index (κ2) is 17.4. The van der Waals surface area contributed by atoms with Gasteiger partial charge >= 0.3 is 5.69 Å². The van der Waals surface area contributed by atoms with Crippen LogP contribution in [0, 0.1) is 10.1 Å². The molecule has 2 aromatic heterocycles. The second-order valence-corrected chi connectivity index (χ2v) is 18.0. The zero-order valence-electron chi connectivity index (χ0n) is 34.7. The first-order chi connectivity index (χ1) is 30.5.